The van der Waals surface area contributed by atoms with E-state index in [0.29, 0.717) is 0 Å². The van der Waals surface area contributed by atoms with Gasteiger partial charge in [-0.15, -0.1) is 0 Å². The summed E-state index contributed by atoms with van der Waals surface area (Å²) in [4.78, 5) is 3.18. The number of fused-ring (bicyclic) bond motifs is 1. The standard InChI is InChI=1S/C16H21F2NO/c1-2-3-4-5-6-7-12-11-19-15-9-8-13(10-14(12)15)20-16(17)18/h8-11,16,19H,2-7H2,1H3. The van der Waals surface area contributed by atoms with E-state index in [9.17, 15) is 8.78 Å². The number of unbranched alkanes of at least 4 members (excludes halogenated alkanes) is 4. The van der Waals surface area contributed by atoms with Crippen LogP contribution >= 0.6 is 0 Å². The number of rotatable bonds is 8. The number of aromatic amines is 1. The Morgan fingerprint density at radius 1 is 1.15 bits per heavy atom. The lowest BCUT2D eigenvalue weighted by Gasteiger charge is -2.05. The maximum atomic E-state index is 12.2. The highest BCUT2D eigenvalue weighted by molar-refractivity contribution is 5.84. The van der Waals surface area contributed by atoms with Crippen LogP contribution in [0.4, 0.5) is 8.78 Å². The fourth-order valence-corrected chi connectivity index (χ4v) is 2.46. The molecule has 0 radical (unpaired) electrons. The van der Waals surface area contributed by atoms with Gasteiger partial charge in [0.15, 0.2) is 0 Å². The van der Waals surface area contributed by atoms with Crippen LogP contribution in [0.3, 0.4) is 0 Å². The Bertz CT molecular complexity index is 536. The Labute approximate surface area is 118 Å². The summed E-state index contributed by atoms with van der Waals surface area (Å²) in [7, 11) is 0. The average molecular weight is 281 g/mol. The van der Waals surface area contributed by atoms with Crippen LogP contribution in [0.5, 0.6) is 5.75 Å². The third kappa shape index (κ3) is 3.95. The summed E-state index contributed by atoms with van der Waals surface area (Å²) >= 11 is 0. The van der Waals surface area contributed by atoms with E-state index in [-0.39, 0.29) is 5.75 Å². The van der Waals surface area contributed by atoms with Gasteiger partial charge in [-0.1, -0.05) is 32.6 Å². The monoisotopic (exact) mass is 281 g/mol. The zero-order valence-corrected chi connectivity index (χ0v) is 11.8. The van der Waals surface area contributed by atoms with Crippen LogP contribution in [0, 0.1) is 0 Å². The summed E-state index contributed by atoms with van der Waals surface area (Å²) in [6, 6.07) is 5.04. The molecule has 0 bridgehead atoms. The number of alkyl halides is 2. The highest BCUT2D eigenvalue weighted by Gasteiger charge is 2.08. The van der Waals surface area contributed by atoms with E-state index in [2.05, 4.69) is 16.6 Å². The molecule has 20 heavy (non-hydrogen) atoms. The predicted octanol–water partition coefficient (Wildman–Crippen LogP) is 5.28. The predicted molar refractivity (Wildman–Crippen MR) is 77.4 cm³/mol. The molecule has 2 aromatic rings. The summed E-state index contributed by atoms with van der Waals surface area (Å²) < 4.78 is 28.9. The summed E-state index contributed by atoms with van der Waals surface area (Å²) in [5, 5.41) is 0.985. The molecule has 2 nitrogen and oxygen atoms in total. The largest absolute Gasteiger partial charge is 0.435 e. The second-order valence-electron chi connectivity index (χ2n) is 5.06. The maximum Gasteiger partial charge on any atom is 0.387 e. The van der Waals surface area contributed by atoms with Crippen molar-refractivity contribution >= 4 is 10.9 Å². The lowest BCUT2D eigenvalue weighted by atomic mass is 10.0. The van der Waals surface area contributed by atoms with Crippen molar-refractivity contribution in [3.8, 4) is 5.75 Å². The van der Waals surface area contributed by atoms with Gasteiger partial charge in [0.2, 0.25) is 0 Å². The molecule has 0 amide bonds. The van der Waals surface area contributed by atoms with Crippen molar-refractivity contribution in [2.45, 2.75) is 52.1 Å². The van der Waals surface area contributed by atoms with Crippen molar-refractivity contribution in [3.05, 3.63) is 30.0 Å². The number of benzene rings is 1. The van der Waals surface area contributed by atoms with Crippen LogP contribution < -0.4 is 4.74 Å². The highest BCUT2D eigenvalue weighted by atomic mass is 19.3. The molecule has 0 saturated carbocycles. The van der Waals surface area contributed by atoms with E-state index in [1.54, 1.807) is 18.2 Å². The second kappa shape index (κ2) is 7.27. The zero-order chi connectivity index (χ0) is 14.4. The number of ether oxygens (including phenoxy) is 1. The Morgan fingerprint density at radius 3 is 2.70 bits per heavy atom. The molecule has 0 aliphatic heterocycles. The van der Waals surface area contributed by atoms with Crippen LogP contribution in [-0.4, -0.2) is 11.6 Å². The maximum absolute atomic E-state index is 12.2. The molecule has 0 spiro atoms. The molecule has 110 valence electrons. The Kier molecular flexibility index (Phi) is 5.39. The molecule has 0 aliphatic carbocycles. The molecule has 0 aliphatic rings. The molecule has 2 rings (SSSR count). The van der Waals surface area contributed by atoms with Crippen molar-refractivity contribution in [3.63, 3.8) is 0 Å². The molecule has 0 unspecified atom stereocenters. The number of nitrogens with one attached hydrogen (secondary N) is 1. The minimum Gasteiger partial charge on any atom is -0.435 e. The fraction of sp³-hybridized carbons (Fsp3) is 0.500. The summed E-state index contributed by atoms with van der Waals surface area (Å²) in [6.07, 6.45) is 9.07. The van der Waals surface area contributed by atoms with E-state index in [1.807, 2.05) is 6.20 Å². The first kappa shape index (κ1) is 14.8. The summed E-state index contributed by atoms with van der Waals surface area (Å²) in [6.45, 7) is -0.576. The van der Waals surface area contributed by atoms with Crippen molar-refractivity contribution in [1.29, 1.82) is 0 Å². The molecule has 1 heterocycles. The Morgan fingerprint density at radius 2 is 1.95 bits per heavy atom. The molecule has 4 heteroatoms. The van der Waals surface area contributed by atoms with E-state index in [0.717, 1.165) is 23.7 Å². The van der Waals surface area contributed by atoms with Crippen molar-refractivity contribution in [2.24, 2.45) is 0 Å². The number of H-pyrrole nitrogens is 1. The third-order valence-corrected chi connectivity index (χ3v) is 3.51. The lowest BCUT2D eigenvalue weighted by molar-refractivity contribution is -0.0497. The zero-order valence-electron chi connectivity index (χ0n) is 11.8. The van der Waals surface area contributed by atoms with E-state index in [1.165, 1.54) is 31.2 Å². The van der Waals surface area contributed by atoms with Gasteiger partial charge in [-0.05, 0) is 36.6 Å². The van der Waals surface area contributed by atoms with Gasteiger partial charge in [0.05, 0.1) is 0 Å². The molecule has 1 aromatic carbocycles. The molecule has 0 fully saturated rings. The SMILES string of the molecule is CCCCCCCc1c[nH]c2ccc(OC(F)F)cc12. The summed E-state index contributed by atoms with van der Waals surface area (Å²) in [5.41, 5.74) is 2.14. The topological polar surface area (TPSA) is 25.0 Å². The van der Waals surface area contributed by atoms with Crippen LogP contribution in [0.1, 0.15) is 44.6 Å². The molecule has 0 atom stereocenters. The quantitative estimate of drug-likeness (QED) is 0.654. The second-order valence-corrected chi connectivity index (χ2v) is 5.06. The van der Waals surface area contributed by atoms with Crippen LogP contribution in [0.25, 0.3) is 10.9 Å². The number of halogens is 2. The summed E-state index contributed by atoms with van der Waals surface area (Å²) in [5.74, 6) is 0.222. The van der Waals surface area contributed by atoms with Gasteiger partial charge < -0.3 is 9.72 Å². The van der Waals surface area contributed by atoms with Gasteiger partial charge in [0.25, 0.3) is 0 Å². The number of hydrogen-bond donors (Lipinski definition) is 1. The van der Waals surface area contributed by atoms with E-state index < -0.39 is 6.61 Å². The van der Waals surface area contributed by atoms with E-state index in [4.69, 9.17) is 0 Å². The average Bonchev–Trinajstić information content (AvgIpc) is 2.80. The highest BCUT2D eigenvalue weighted by Crippen LogP contribution is 2.26. The number of aryl methyl sites for hydroxylation is 1. The van der Waals surface area contributed by atoms with Crippen LogP contribution in [0.2, 0.25) is 0 Å². The van der Waals surface area contributed by atoms with Gasteiger partial charge in [-0.25, -0.2) is 0 Å². The van der Waals surface area contributed by atoms with Gasteiger partial charge in [0.1, 0.15) is 5.75 Å². The van der Waals surface area contributed by atoms with Gasteiger partial charge in [-0.2, -0.15) is 8.78 Å². The lowest BCUT2D eigenvalue weighted by Crippen LogP contribution is -2.01. The number of hydrogen-bond acceptors (Lipinski definition) is 1. The first-order chi connectivity index (χ1) is 9.70. The minimum absolute atomic E-state index is 0.222. The Balaban J connectivity index is 2.01. The molecule has 0 saturated heterocycles. The van der Waals surface area contributed by atoms with E-state index >= 15 is 0 Å². The smallest absolute Gasteiger partial charge is 0.387 e. The fourth-order valence-electron chi connectivity index (χ4n) is 2.46. The first-order valence-electron chi connectivity index (χ1n) is 7.25. The van der Waals surface area contributed by atoms with Crippen molar-refractivity contribution in [2.75, 3.05) is 0 Å². The molecular weight excluding hydrogens is 260 g/mol. The third-order valence-electron chi connectivity index (χ3n) is 3.51. The van der Waals surface area contributed by atoms with Crippen LogP contribution in [0.15, 0.2) is 24.4 Å². The number of aromatic nitrogens is 1. The normalized spacial score (nSPS) is 11.4. The Hall–Kier alpha value is -1.58. The van der Waals surface area contributed by atoms with Gasteiger partial charge >= 0.3 is 6.61 Å². The van der Waals surface area contributed by atoms with Crippen LogP contribution in [-0.2, 0) is 6.42 Å². The first-order valence-corrected chi connectivity index (χ1v) is 7.25. The van der Waals surface area contributed by atoms with Gasteiger partial charge in [0, 0.05) is 17.1 Å². The molecule has 1 aromatic heterocycles. The molecule has 1 N–H and O–H groups in total. The minimum atomic E-state index is -2.77. The van der Waals surface area contributed by atoms with Gasteiger partial charge in [-0.3, -0.25) is 0 Å². The van der Waals surface area contributed by atoms with Crippen molar-refractivity contribution < 1.29 is 13.5 Å². The molecular formula is C16H21F2NO. The van der Waals surface area contributed by atoms with Crippen molar-refractivity contribution in [1.82, 2.24) is 4.98 Å².